The number of fused-ring (bicyclic) bond motifs is 1. The number of carbonyl (C=O) groups excluding carboxylic acids is 2. The van der Waals surface area contributed by atoms with E-state index < -0.39 is 17.4 Å². The van der Waals surface area contributed by atoms with Gasteiger partial charge in [0.2, 0.25) is 5.91 Å². The van der Waals surface area contributed by atoms with Crippen molar-refractivity contribution in [3.63, 3.8) is 0 Å². The van der Waals surface area contributed by atoms with Crippen LogP contribution in [0.25, 0.3) is 0 Å². The summed E-state index contributed by atoms with van der Waals surface area (Å²) in [6.07, 6.45) is 0. The number of hydrogen-bond donors (Lipinski definition) is 2. The summed E-state index contributed by atoms with van der Waals surface area (Å²) in [5, 5.41) is 14.6. The van der Waals surface area contributed by atoms with Gasteiger partial charge in [-0.25, -0.2) is 0 Å². The number of nitrogens with one attached hydrogen (secondary N) is 1. The second-order valence-electron chi connectivity index (χ2n) is 6.88. The van der Waals surface area contributed by atoms with E-state index in [0.717, 1.165) is 0 Å². The van der Waals surface area contributed by atoms with Crippen molar-refractivity contribution in [2.24, 2.45) is 0 Å². The number of hydrogen-bond acceptors (Lipinski definition) is 4. The average molecular weight is 423 g/mol. The molecule has 4 rings (SSSR count). The Bertz CT molecular complexity index is 1120. The monoisotopic (exact) mass is 422 g/mol. The molecular weight excluding hydrogens is 404 g/mol. The number of amides is 2. The standard InChI is InChI=1S/C23H19ClN2O4/c1-30-20-12-11-16(24)13-18(20)25-21(27)14-26-19-10-6-5-9-17(19)23(29,22(26)28)15-7-3-2-4-8-15/h2-13,29H,14H2,1H3,(H,25,27)/t23-/m0/s1. The molecule has 0 radical (unpaired) electrons. The number of nitrogens with zero attached hydrogens (tertiary/aromatic N) is 1. The molecule has 0 aromatic heterocycles. The van der Waals surface area contributed by atoms with Crippen LogP contribution in [-0.2, 0) is 15.2 Å². The molecule has 0 spiro atoms. The highest BCUT2D eigenvalue weighted by molar-refractivity contribution is 6.31. The van der Waals surface area contributed by atoms with Crippen LogP contribution in [0, 0.1) is 0 Å². The highest BCUT2D eigenvalue weighted by Gasteiger charge is 2.51. The summed E-state index contributed by atoms with van der Waals surface area (Å²) in [5.74, 6) is -0.583. The number of rotatable bonds is 5. The zero-order chi connectivity index (χ0) is 21.3. The molecule has 6 nitrogen and oxygen atoms in total. The van der Waals surface area contributed by atoms with Crippen molar-refractivity contribution >= 4 is 34.8 Å². The predicted molar refractivity (Wildman–Crippen MR) is 115 cm³/mol. The van der Waals surface area contributed by atoms with Crippen LogP contribution in [0.3, 0.4) is 0 Å². The van der Waals surface area contributed by atoms with Crippen LogP contribution >= 0.6 is 11.6 Å². The van der Waals surface area contributed by atoms with Crippen LogP contribution in [0.15, 0.2) is 72.8 Å². The van der Waals surface area contributed by atoms with Gasteiger partial charge in [0, 0.05) is 10.6 Å². The Kier molecular flexibility index (Phi) is 5.20. The molecule has 1 aliphatic rings. The van der Waals surface area contributed by atoms with Crippen LogP contribution < -0.4 is 15.0 Å². The first-order valence-corrected chi connectivity index (χ1v) is 9.65. The van der Waals surface area contributed by atoms with Gasteiger partial charge in [-0.2, -0.15) is 0 Å². The smallest absolute Gasteiger partial charge is 0.268 e. The number of anilines is 2. The lowest BCUT2D eigenvalue weighted by Crippen LogP contribution is -2.44. The molecule has 30 heavy (non-hydrogen) atoms. The zero-order valence-electron chi connectivity index (χ0n) is 16.1. The van der Waals surface area contributed by atoms with E-state index in [1.54, 1.807) is 66.7 Å². The third-order valence-electron chi connectivity index (χ3n) is 5.07. The molecular formula is C23H19ClN2O4. The summed E-state index contributed by atoms with van der Waals surface area (Å²) < 4.78 is 5.25. The van der Waals surface area contributed by atoms with Gasteiger partial charge in [0.05, 0.1) is 18.5 Å². The molecule has 0 unspecified atom stereocenters. The number of carbonyl (C=O) groups is 2. The van der Waals surface area contributed by atoms with Gasteiger partial charge < -0.3 is 15.2 Å². The van der Waals surface area contributed by atoms with Gasteiger partial charge in [-0.1, -0.05) is 60.1 Å². The number of ether oxygens (including phenoxy) is 1. The minimum absolute atomic E-state index is 0.277. The maximum Gasteiger partial charge on any atom is 0.268 e. The van der Waals surface area contributed by atoms with E-state index in [0.29, 0.717) is 33.3 Å². The Morgan fingerprint density at radius 2 is 1.80 bits per heavy atom. The lowest BCUT2D eigenvalue weighted by atomic mass is 9.88. The molecule has 7 heteroatoms. The molecule has 0 aliphatic carbocycles. The lowest BCUT2D eigenvalue weighted by molar-refractivity contribution is -0.133. The number of para-hydroxylation sites is 1. The molecule has 0 fully saturated rings. The van der Waals surface area contributed by atoms with Gasteiger partial charge in [-0.05, 0) is 29.8 Å². The molecule has 0 saturated heterocycles. The number of benzene rings is 3. The highest BCUT2D eigenvalue weighted by atomic mass is 35.5. The van der Waals surface area contributed by atoms with Crippen molar-refractivity contribution in [2.45, 2.75) is 5.60 Å². The molecule has 3 aromatic carbocycles. The van der Waals surface area contributed by atoms with E-state index >= 15 is 0 Å². The first-order valence-electron chi connectivity index (χ1n) is 9.28. The molecule has 1 atom stereocenters. The summed E-state index contributed by atoms with van der Waals surface area (Å²) in [4.78, 5) is 27.4. The average Bonchev–Trinajstić information content (AvgIpc) is 2.97. The fraction of sp³-hybridized carbons (Fsp3) is 0.130. The van der Waals surface area contributed by atoms with Crippen LogP contribution in [0.4, 0.5) is 11.4 Å². The summed E-state index contributed by atoms with van der Waals surface area (Å²) in [7, 11) is 1.49. The van der Waals surface area contributed by atoms with Crippen molar-refractivity contribution in [1.82, 2.24) is 0 Å². The largest absolute Gasteiger partial charge is 0.495 e. The van der Waals surface area contributed by atoms with E-state index in [9.17, 15) is 14.7 Å². The molecule has 152 valence electrons. The Labute approximate surface area is 178 Å². The molecule has 1 heterocycles. The van der Waals surface area contributed by atoms with Gasteiger partial charge in [-0.3, -0.25) is 14.5 Å². The SMILES string of the molecule is COc1ccc(Cl)cc1NC(=O)CN1C(=O)[C@](O)(c2ccccc2)c2ccccc21. The van der Waals surface area contributed by atoms with Gasteiger partial charge in [0.1, 0.15) is 12.3 Å². The van der Waals surface area contributed by atoms with Gasteiger partial charge in [0.25, 0.3) is 5.91 Å². The van der Waals surface area contributed by atoms with Crippen LogP contribution in [0.1, 0.15) is 11.1 Å². The second kappa shape index (κ2) is 7.82. The molecule has 3 aromatic rings. The third-order valence-corrected chi connectivity index (χ3v) is 5.30. The second-order valence-corrected chi connectivity index (χ2v) is 7.31. The number of halogens is 1. The van der Waals surface area contributed by atoms with Crippen molar-refractivity contribution in [3.8, 4) is 5.75 Å². The maximum absolute atomic E-state index is 13.3. The molecule has 2 N–H and O–H groups in total. The minimum atomic E-state index is -1.86. The maximum atomic E-state index is 13.3. The topological polar surface area (TPSA) is 78.9 Å². The Morgan fingerprint density at radius 1 is 1.10 bits per heavy atom. The van der Waals surface area contributed by atoms with E-state index in [4.69, 9.17) is 16.3 Å². The summed E-state index contributed by atoms with van der Waals surface area (Å²) in [6, 6.07) is 20.5. The Hall–Kier alpha value is -3.35. The Balaban J connectivity index is 1.65. The Morgan fingerprint density at radius 3 is 2.53 bits per heavy atom. The van der Waals surface area contributed by atoms with Crippen molar-refractivity contribution in [3.05, 3.63) is 88.9 Å². The van der Waals surface area contributed by atoms with Crippen LogP contribution in [0.5, 0.6) is 5.75 Å². The molecule has 0 saturated carbocycles. The number of aliphatic hydroxyl groups is 1. The first kappa shape index (κ1) is 19.9. The van der Waals surface area contributed by atoms with Gasteiger partial charge in [-0.15, -0.1) is 0 Å². The quantitative estimate of drug-likeness (QED) is 0.658. The van der Waals surface area contributed by atoms with E-state index in [1.165, 1.54) is 12.0 Å². The fourth-order valence-corrected chi connectivity index (χ4v) is 3.83. The van der Waals surface area contributed by atoms with Gasteiger partial charge >= 0.3 is 0 Å². The fourth-order valence-electron chi connectivity index (χ4n) is 3.66. The van der Waals surface area contributed by atoms with Crippen molar-refractivity contribution < 1.29 is 19.4 Å². The summed E-state index contributed by atoms with van der Waals surface area (Å²) in [5.41, 5.74) is -0.0854. The highest BCUT2D eigenvalue weighted by Crippen LogP contribution is 2.44. The molecule has 1 aliphatic heterocycles. The summed E-state index contributed by atoms with van der Waals surface area (Å²) >= 11 is 6.02. The normalized spacial score (nSPS) is 17.6. The van der Waals surface area contributed by atoms with Crippen molar-refractivity contribution in [2.75, 3.05) is 23.9 Å². The summed E-state index contributed by atoms with van der Waals surface area (Å²) in [6.45, 7) is -0.277. The lowest BCUT2D eigenvalue weighted by Gasteiger charge is -2.23. The third kappa shape index (κ3) is 3.30. The number of methoxy groups -OCH3 is 1. The van der Waals surface area contributed by atoms with E-state index in [-0.39, 0.29) is 6.54 Å². The van der Waals surface area contributed by atoms with E-state index in [2.05, 4.69) is 5.32 Å². The predicted octanol–water partition coefficient (Wildman–Crippen LogP) is 3.57. The van der Waals surface area contributed by atoms with Crippen LogP contribution in [-0.4, -0.2) is 30.6 Å². The van der Waals surface area contributed by atoms with Gasteiger partial charge in [0.15, 0.2) is 5.60 Å². The molecule has 2 amide bonds. The van der Waals surface area contributed by atoms with Crippen molar-refractivity contribution in [1.29, 1.82) is 0 Å². The molecule has 0 bridgehead atoms. The zero-order valence-corrected chi connectivity index (χ0v) is 16.9. The first-order chi connectivity index (χ1) is 14.4. The minimum Gasteiger partial charge on any atom is -0.495 e. The van der Waals surface area contributed by atoms with E-state index in [1.807, 2.05) is 6.07 Å². The van der Waals surface area contributed by atoms with Crippen LogP contribution in [0.2, 0.25) is 5.02 Å².